The number of carbonyl (C=O) groups excluding carboxylic acids is 1. The van der Waals surface area contributed by atoms with Crippen LogP contribution in [-0.2, 0) is 11.3 Å². The van der Waals surface area contributed by atoms with Crippen molar-refractivity contribution in [2.24, 2.45) is 0 Å². The van der Waals surface area contributed by atoms with E-state index in [1.54, 1.807) is 0 Å². The Hall–Kier alpha value is -3.93. The van der Waals surface area contributed by atoms with Crippen molar-refractivity contribution in [3.8, 4) is 0 Å². The van der Waals surface area contributed by atoms with Crippen LogP contribution < -0.4 is 10.7 Å². The highest BCUT2D eigenvalue weighted by Crippen LogP contribution is 2.44. The fourth-order valence-corrected chi connectivity index (χ4v) is 6.01. The average molecular weight is 541 g/mol. The first-order valence-electron chi connectivity index (χ1n) is 13.2. The van der Waals surface area contributed by atoms with Crippen LogP contribution in [0.4, 0.5) is 11.5 Å². The Kier molecular flexibility index (Phi) is 6.18. The van der Waals surface area contributed by atoms with E-state index in [0.29, 0.717) is 42.6 Å². The number of anilines is 2. The molecule has 2 N–H and O–H groups in total. The number of ether oxygens (including phenoxy) is 1. The minimum absolute atomic E-state index is 0.195. The van der Waals surface area contributed by atoms with E-state index in [0.717, 1.165) is 64.3 Å². The van der Waals surface area contributed by atoms with Gasteiger partial charge in [-0.2, -0.15) is 5.10 Å². The number of thiophene rings is 1. The van der Waals surface area contributed by atoms with Crippen molar-refractivity contribution in [2.75, 3.05) is 37.0 Å². The molecule has 2 aliphatic rings. The summed E-state index contributed by atoms with van der Waals surface area (Å²) in [4.78, 5) is 27.2. The molecule has 7 rings (SSSR count). The van der Waals surface area contributed by atoms with E-state index >= 15 is 0 Å². The molecule has 0 radical (unpaired) electrons. The molecule has 198 valence electrons. The smallest absolute Gasteiger partial charge is 0.258 e. The minimum Gasteiger partial charge on any atom is -0.379 e. The second-order valence-corrected chi connectivity index (χ2v) is 10.9. The summed E-state index contributed by atoms with van der Waals surface area (Å²) < 4.78 is 8.30. The summed E-state index contributed by atoms with van der Waals surface area (Å²) in [6.07, 6.45) is 3.73. The number of morpholine rings is 1. The van der Waals surface area contributed by atoms with Crippen molar-refractivity contribution in [3.05, 3.63) is 70.8 Å². The van der Waals surface area contributed by atoms with Crippen LogP contribution in [0.25, 0.3) is 21.1 Å². The number of aromatic nitrogens is 5. The summed E-state index contributed by atoms with van der Waals surface area (Å²) in [5.74, 6) is 0.926. The first-order chi connectivity index (χ1) is 19.1. The summed E-state index contributed by atoms with van der Waals surface area (Å²) in [6, 6.07) is 12.0. The highest BCUT2D eigenvalue weighted by Gasteiger charge is 2.31. The van der Waals surface area contributed by atoms with Gasteiger partial charge in [-0.15, -0.1) is 11.3 Å². The van der Waals surface area contributed by atoms with E-state index in [2.05, 4.69) is 36.8 Å². The lowest BCUT2D eigenvalue weighted by Gasteiger charge is -2.27. The van der Waals surface area contributed by atoms with E-state index < -0.39 is 0 Å². The second kappa shape index (κ2) is 9.99. The molecule has 11 heteroatoms. The molecular weight excluding hydrogens is 512 g/mol. The van der Waals surface area contributed by atoms with Crippen molar-refractivity contribution in [1.82, 2.24) is 29.7 Å². The molecule has 0 unspecified atom stereocenters. The van der Waals surface area contributed by atoms with Gasteiger partial charge in [-0.05, 0) is 44.0 Å². The number of fused-ring (bicyclic) bond motifs is 2. The van der Waals surface area contributed by atoms with Gasteiger partial charge in [-0.3, -0.25) is 14.5 Å². The molecule has 1 aliphatic heterocycles. The van der Waals surface area contributed by atoms with E-state index in [-0.39, 0.29) is 5.91 Å². The summed E-state index contributed by atoms with van der Waals surface area (Å²) in [5, 5.41) is 13.1. The maximum Gasteiger partial charge on any atom is 0.258 e. The van der Waals surface area contributed by atoms with Gasteiger partial charge in [-0.25, -0.2) is 15.0 Å². The highest BCUT2D eigenvalue weighted by molar-refractivity contribution is 7.18. The molecule has 5 heterocycles. The molecule has 1 amide bonds. The molecular formula is C28H28N8O2S. The largest absolute Gasteiger partial charge is 0.379 e. The average Bonchev–Trinajstić information content (AvgIpc) is 3.59. The van der Waals surface area contributed by atoms with Gasteiger partial charge in [0, 0.05) is 35.5 Å². The summed E-state index contributed by atoms with van der Waals surface area (Å²) in [5.41, 5.74) is 9.28. The Morgan fingerprint density at radius 2 is 1.97 bits per heavy atom. The van der Waals surface area contributed by atoms with Crippen LogP contribution in [-0.4, -0.2) is 62.0 Å². The number of hydrazine groups is 1. The second-order valence-electron chi connectivity index (χ2n) is 10.0. The number of carbonyl (C=O) groups is 1. The Bertz CT molecular complexity index is 1690. The number of nitrogens with one attached hydrogen (secondary N) is 2. The lowest BCUT2D eigenvalue weighted by atomic mass is 10.1. The van der Waals surface area contributed by atoms with Crippen LogP contribution in [0, 0.1) is 6.92 Å². The van der Waals surface area contributed by atoms with Gasteiger partial charge >= 0.3 is 0 Å². The van der Waals surface area contributed by atoms with Crippen molar-refractivity contribution in [1.29, 1.82) is 0 Å². The Morgan fingerprint density at radius 1 is 1.13 bits per heavy atom. The molecule has 0 atom stereocenters. The molecule has 39 heavy (non-hydrogen) atoms. The topological polar surface area (TPSA) is 110 Å². The van der Waals surface area contributed by atoms with Crippen LogP contribution in [0.15, 0.2) is 48.1 Å². The van der Waals surface area contributed by atoms with Gasteiger partial charge < -0.3 is 15.5 Å². The fourth-order valence-electron chi connectivity index (χ4n) is 5.07. The zero-order chi connectivity index (χ0) is 26.3. The van der Waals surface area contributed by atoms with E-state index in [1.807, 2.05) is 47.3 Å². The fraction of sp³-hybridized carbons (Fsp3) is 0.321. The molecule has 10 nitrogen and oxygen atoms in total. The zero-order valence-corrected chi connectivity index (χ0v) is 22.4. The number of benzene rings is 1. The van der Waals surface area contributed by atoms with Crippen LogP contribution in [0.1, 0.15) is 46.2 Å². The quantitative estimate of drug-likeness (QED) is 0.309. The lowest BCUT2D eigenvalue weighted by Crippen LogP contribution is -2.40. The third kappa shape index (κ3) is 4.73. The van der Waals surface area contributed by atoms with Gasteiger partial charge in [0.15, 0.2) is 5.82 Å². The summed E-state index contributed by atoms with van der Waals surface area (Å²) >= 11 is 1.47. The van der Waals surface area contributed by atoms with Gasteiger partial charge in [0.1, 0.15) is 6.33 Å². The van der Waals surface area contributed by atoms with Gasteiger partial charge in [0.05, 0.1) is 58.1 Å². The van der Waals surface area contributed by atoms with Crippen LogP contribution in [0.2, 0.25) is 0 Å². The molecule has 1 aliphatic carbocycles. The van der Waals surface area contributed by atoms with Crippen molar-refractivity contribution in [3.63, 3.8) is 0 Å². The lowest BCUT2D eigenvalue weighted by molar-refractivity contribution is 0.0495. The van der Waals surface area contributed by atoms with Crippen LogP contribution >= 0.6 is 11.3 Å². The number of hydrogen-bond acceptors (Lipinski definition) is 9. The number of hydrogen-bond donors (Lipinski definition) is 2. The summed E-state index contributed by atoms with van der Waals surface area (Å²) in [7, 11) is 0. The van der Waals surface area contributed by atoms with Crippen LogP contribution in [0.5, 0.6) is 0 Å². The number of pyridine rings is 1. The van der Waals surface area contributed by atoms with Crippen LogP contribution in [0.3, 0.4) is 0 Å². The first kappa shape index (κ1) is 24.1. The van der Waals surface area contributed by atoms with Gasteiger partial charge in [-0.1, -0.05) is 12.1 Å². The monoisotopic (exact) mass is 540 g/mol. The minimum atomic E-state index is -0.195. The molecule has 2 fully saturated rings. The van der Waals surface area contributed by atoms with Crippen molar-refractivity contribution < 1.29 is 9.53 Å². The van der Waals surface area contributed by atoms with Gasteiger partial charge in [0.2, 0.25) is 0 Å². The third-order valence-corrected chi connectivity index (χ3v) is 8.12. The van der Waals surface area contributed by atoms with E-state index in [9.17, 15) is 4.79 Å². The molecule has 1 saturated heterocycles. The Morgan fingerprint density at radius 3 is 2.79 bits per heavy atom. The van der Waals surface area contributed by atoms with Gasteiger partial charge in [0.25, 0.3) is 5.91 Å². The highest BCUT2D eigenvalue weighted by atomic mass is 32.1. The molecule has 0 spiro atoms. The van der Waals surface area contributed by atoms with Crippen molar-refractivity contribution >= 4 is 49.9 Å². The number of amides is 1. The molecule has 0 bridgehead atoms. The maximum atomic E-state index is 13.6. The number of nitrogens with zero attached hydrogens (tertiary/aromatic N) is 6. The third-order valence-electron chi connectivity index (χ3n) is 7.15. The normalized spacial score (nSPS) is 16.1. The predicted octanol–water partition coefficient (Wildman–Crippen LogP) is 4.58. The molecule has 5 aromatic rings. The molecule has 1 saturated carbocycles. The number of aryl methyl sites for hydroxylation is 1. The zero-order valence-electron chi connectivity index (χ0n) is 21.6. The maximum absolute atomic E-state index is 13.6. The Labute approximate surface area is 229 Å². The SMILES string of the molecule is Cc1cccc(Cn2nc(C3CC3)c3c(NC(=O)c4csc5c(NN6CCOCC6)ncnc45)cccc32)n1. The molecule has 1 aromatic carbocycles. The first-order valence-corrected chi connectivity index (χ1v) is 14.1. The molecule has 4 aromatic heterocycles. The van der Waals surface area contributed by atoms with E-state index in [1.165, 1.54) is 17.7 Å². The van der Waals surface area contributed by atoms with Crippen molar-refractivity contribution in [2.45, 2.75) is 32.2 Å². The number of rotatable bonds is 7. The summed E-state index contributed by atoms with van der Waals surface area (Å²) in [6.45, 7) is 5.45. The van der Waals surface area contributed by atoms with E-state index in [4.69, 9.17) is 9.84 Å². The predicted molar refractivity (Wildman–Crippen MR) is 151 cm³/mol. The Balaban J connectivity index is 1.20. The standard InChI is InChI=1S/C28H28N8O2S/c1-17-4-2-5-19(31-17)14-36-22-7-3-6-21(23(22)24(33-36)18-8-9-18)32-28(37)20-15-39-26-25(20)29-16-30-27(26)34-35-10-12-38-13-11-35/h2-7,15-16,18H,8-14H2,1H3,(H,32,37)(H,29,30,34).